The highest BCUT2D eigenvalue weighted by Crippen LogP contribution is 2.38. The molecule has 110 valence electrons. The summed E-state index contributed by atoms with van der Waals surface area (Å²) in [6.07, 6.45) is 2.10. The Balaban J connectivity index is 1.80. The predicted molar refractivity (Wildman–Crippen MR) is 78.0 cm³/mol. The summed E-state index contributed by atoms with van der Waals surface area (Å²) >= 11 is 0. The Morgan fingerprint density at radius 1 is 1.45 bits per heavy atom. The van der Waals surface area contributed by atoms with E-state index in [2.05, 4.69) is 17.4 Å². The van der Waals surface area contributed by atoms with Crippen molar-refractivity contribution in [3.63, 3.8) is 0 Å². The second kappa shape index (κ2) is 6.75. The summed E-state index contributed by atoms with van der Waals surface area (Å²) in [4.78, 5) is 11.6. The van der Waals surface area contributed by atoms with Crippen LogP contribution in [0.1, 0.15) is 38.2 Å². The number of hydrogen-bond acceptors (Lipinski definition) is 4. The zero-order chi connectivity index (χ0) is 14.5. The van der Waals surface area contributed by atoms with E-state index in [1.807, 2.05) is 26.0 Å². The number of esters is 1. The van der Waals surface area contributed by atoms with Gasteiger partial charge in [0.05, 0.1) is 13.7 Å². The molecule has 1 aliphatic rings. The molecule has 0 saturated heterocycles. The molecule has 1 N–H and O–H groups in total. The number of ether oxygens (including phenoxy) is 2. The van der Waals surface area contributed by atoms with Crippen LogP contribution in [0.3, 0.4) is 0 Å². The van der Waals surface area contributed by atoms with Gasteiger partial charge in [-0.15, -0.1) is 0 Å². The number of nitrogens with one attached hydrogen (secondary N) is 1. The summed E-state index contributed by atoms with van der Waals surface area (Å²) in [6, 6.07) is 8.38. The van der Waals surface area contributed by atoms with Crippen molar-refractivity contribution in [3.05, 3.63) is 29.8 Å². The van der Waals surface area contributed by atoms with Crippen molar-refractivity contribution < 1.29 is 14.3 Å². The van der Waals surface area contributed by atoms with Crippen LogP contribution in [-0.2, 0) is 9.53 Å². The van der Waals surface area contributed by atoms with Crippen molar-refractivity contribution in [2.45, 2.75) is 44.7 Å². The number of hydrogen-bond donors (Lipinski definition) is 1. The van der Waals surface area contributed by atoms with Gasteiger partial charge in [0.1, 0.15) is 11.8 Å². The maximum absolute atomic E-state index is 11.6. The SMILES string of the molecule is CCOC(=O)C(C)NC1CC(c2cccc(OC)c2)C1. The van der Waals surface area contributed by atoms with Crippen LogP contribution in [0.4, 0.5) is 0 Å². The molecule has 20 heavy (non-hydrogen) atoms. The number of methoxy groups -OCH3 is 1. The van der Waals surface area contributed by atoms with Crippen molar-refractivity contribution in [1.29, 1.82) is 0 Å². The second-order valence-corrected chi connectivity index (χ2v) is 5.28. The lowest BCUT2D eigenvalue weighted by molar-refractivity contribution is -0.145. The number of carbonyl (C=O) groups is 1. The molecule has 1 aliphatic carbocycles. The van der Waals surface area contributed by atoms with Gasteiger partial charge in [-0.3, -0.25) is 4.79 Å². The lowest BCUT2D eigenvalue weighted by atomic mass is 9.75. The van der Waals surface area contributed by atoms with Crippen LogP contribution in [0, 0.1) is 0 Å². The summed E-state index contributed by atoms with van der Waals surface area (Å²) < 4.78 is 10.2. The van der Waals surface area contributed by atoms with Crippen molar-refractivity contribution in [1.82, 2.24) is 5.32 Å². The first-order valence-corrected chi connectivity index (χ1v) is 7.20. The number of carbonyl (C=O) groups excluding carboxylic acids is 1. The average Bonchev–Trinajstić information content (AvgIpc) is 2.42. The molecule has 4 heteroatoms. The third-order valence-corrected chi connectivity index (χ3v) is 3.83. The smallest absolute Gasteiger partial charge is 0.322 e. The lowest BCUT2D eigenvalue weighted by Crippen LogP contribution is -2.47. The molecule has 1 unspecified atom stereocenters. The highest BCUT2D eigenvalue weighted by Gasteiger charge is 2.32. The van der Waals surface area contributed by atoms with Crippen LogP contribution in [0.15, 0.2) is 24.3 Å². The van der Waals surface area contributed by atoms with Crippen LogP contribution >= 0.6 is 0 Å². The molecule has 0 spiro atoms. The highest BCUT2D eigenvalue weighted by molar-refractivity contribution is 5.75. The van der Waals surface area contributed by atoms with Crippen LogP contribution in [0.5, 0.6) is 5.75 Å². The largest absolute Gasteiger partial charge is 0.497 e. The first-order valence-electron chi connectivity index (χ1n) is 7.20. The van der Waals surface area contributed by atoms with E-state index in [4.69, 9.17) is 9.47 Å². The quantitative estimate of drug-likeness (QED) is 0.812. The Kier molecular flexibility index (Phi) is 5.01. The first-order chi connectivity index (χ1) is 9.63. The normalized spacial score (nSPS) is 22.8. The molecule has 0 aromatic heterocycles. The monoisotopic (exact) mass is 277 g/mol. The van der Waals surface area contributed by atoms with E-state index in [9.17, 15) is 4.79 Å². The van der Waals surface area contributed by atoms with Crippen LogP contribution in [0.25, 0.3) is 0 Å². The molecule has 0 heterocycles. The minimum absolute atomic E-state index is 0.169. The maximum Gasteiger partial charge on any atom is 0.322 e. The summed E-state index contributed by atoms with van der Waals surface area (Å²) in [5.41, 5.74) is 1.31. The molecule has 1 aromatic rings. The third-order valence-electron chi connectivity index (χ3n) is 3.83. The van der Waals surface area contributed by atoms with E-state index in [0.717, 1.165) is 18.6 Å². The molecule has 0 amide bonds. The van der Waals surface area contributed by atoms with Crippen LogP contribution in [0.2, 0.25) is 0 Å². The summed E-state index contributed by atoms with van der Waals surface area (Å²) in [5, 5.41) is 3.32. The third kappa shape index (κ3) is 3.51. The molecule has 1 aromatic carbocycles. The molecular weight excluding hydrogens is 254 g/mol. The van der Waals surface area contributed by atoms with E-state index < -0.39 is 0 Å². The van der Waals surface area contributed by atoms with E-state index in [1.54, 1.807) is 7.11 Å². The Hall–Kier alpha value is -1.55. The molecule has 0 radical (unpaired) electrons. The fraction of sp³-hybridized carbons (Fsp3) is 0.562. The topological polar surface area (TPSA) is 47.6 Å². The Morgan fingerprint density at radius 2 is 2.20 bits per heavy atom. The fourth-order valence-corrected chi connectivity index (χ4v) is 2.61. The second-order valence-electron chi connectivity index (χ2n) is 5.28. The van der Waals surface area contributed by atoms with E-state index >= 15 is 0 Å². The molecule has 1 saturated carbocycles. The summed E-state index contributed by atoms with van der Waals surface area (Å²) in [5.74, 6) is 1.29. The van der Waals surface area contributed by atoms with Crippen molar-refractivity contribution in [3.8, 4) is 5.75 Å². The Morgan fingerprint density at radius 3 is 2.85 bits per heavy atom. The first kappa shape index (κ1) is 14.9. The molecule has 1 atom stereocenters. The number of benzene rings is 1. The van der Waals surface area contributed by atoms with Gasteiger partial charge >= 0.3 is 5.97 Å². The maximum atomic E-state index is 11.6. The van der Waals surface area contributed by atoms with Crippen LogP contribution < -0.4 is 10.1 Å². The van der Waals surface area contributed by atoms with Crippen molar-refractivity contribution >= 4 is 5.97 Å². The molecule has 0 aliphatic heterocycles. The van der Waals surface area contributed by atoms with Gasteiger partial charge in [-0.2, -0.15) is 0 Å². The standard InChI is InChI=1S/C16H23NO3/c1-4-20-16(18)11(2)17-14-8-13(9-14)12-6-5-7-15(10-12)19-3/h5-7,10-11,13-14,17H,4,8-9H2,1-3H3. The Bertz CT molecular complexity index is 455. The molecule has 1 fully saturated rings. The van der Waals surface area contributed by atoms with E-state index in [0.29, 0.717) is 18.6 Å². The zero-order valence-corrected chi connectivity index (χ0v) is 12.4. The van der Waals surface area contributed by atoms with Gasteiger partial charge in [0, 0.05) is 6.04 Å². The minimum Gasteiger partial charge on any atom is -0.497 e. The van der Waals surface area contributed by atoms with Gasteiger partial charge in [0.15, 0.2) is 0 Å². The van der Waals surface area contributed by atoms with Gasteiger partial charge in [-0.05, 0) is 50.3 Å². The molecular formula is C16H23NO3. The summed E-state index contributed by atoms with van der Waals surface area (Å²) in [7, 11) is 1.69. The Labute approximate surface area is 120 Å². The van der Waals surface area contributed by atoms with Crippen molar-refractivity contribution in [2.24, 2.45) is 0 Å². The molecule has 2 rings (SSSR count). The zero-order valence-electron chi connectivity index (χ0n) is 12.4. The summed E-state index contributed by atoms with van der Waals surface area (Å²) in [6.45, 7) is 4.12. The van der Waals surface area contributed by atoms with E-state index in [1.165, 1.54) is 5.56 Å². The predicted octanol–water partition coefficient (Wildman–Crippen LogP) is 2.48. The van der Waals surface area contributed by atoms with Gasteiger partial charge < -0.3 is 14.8 Å². The molecule has 4 nitrogen and oxygen atoms in total. The van der Waals surface area contributed by atoms with Gasteiger partial charge in [-0.1, -0.05) is 12.1 Å². The molecule has 0 bridgehead atoms. The van der Waals surface area contributed by atoms with Crippen LogP contribution in [-0.4, -0.2) is 31.8 Å². The average molecular weight is 277 g/mol. The lowest BCUT2D eigenvalue weighted by Gasteiger charge is -2.37. The van der Waals surface area contributed by atoms with Gasteiger partial charge in [0.25, 0.3) is 0 Å². The van der Waals surface area contributed by atoms with E-state index in [-0.39, 0.29) is 12.0 Å². The van der Waals surface area contributed by atoms with Crippen molar-refractivity contribution in [2.75, 3.05) is 13.7 Å². The number of rotatable bonds is 6. The highest BCUT2D eigenvalue weighted by atomic mass is 16.5. The minimum atomic E-state index is -0.230. The van der Waals surface area contributed by atoms with Gasteiger partial charge in [0.2, 0.25) is 0 Å². The fourth-order valence-electron chi connectivity index (χ4n) is 2.61. The van der Waals surface area contributed by atoms with Gasteiger partial charge in [-0.25, -0.2) is 0 Å².